The smallest absolute Gasteiger partial charge is 0.0152 e. The van der Waals surface area contributed by atoms with E-state index in [1.165, 1.54) is 44.4 Å². The van der Waals surface area contributed by atoms with Crippen molar-refractivity contribution in [2.75, 3.05) is 18.6 Å². The van der Waals surface area contributed by atoms with Crippen LogP contribution in [0.25, 0.3) is 0 Å². The second kappa shape index (κ2) is 5.30. The maximum absolute atomic E-state index is 3.83. The third kappa shape index (κ3) is 2.28. The summed E-state index contributed by atoms with van der Waals surface area (Å²) in [6.07, 6.45) is 9.44. The summed E-state index contributed by atoms with van der Waals surface area (Å²) >= 11 is 1.96. The van der Waals surface area contributed by atoms with Gasteiger partial charge in [0.25, 0.3) is 0 Å². The van der Waals surface area contributed by atoms with Gasteiger partial charge in [-0.25, -0.2) is 0 Å². The van der Waals surface area contributed by atoms with Gasteiger partial charge in [0.1, 0.15) is 0 Å². The molecule has 0 saturated heterocycles. The summed E-state index contributed by atoms with van der Waals surface area (Å²) in [5, 5.41) is 3.83. The third-order valence-corrected chi connectivity index (χ3v) is 5.59. The molecule has 3 atom stereocenters. The molecule has 0 spiro atoms. The van der Waals surface area contributed by atoms with Gasteiger partial charge in [-0.2, -0.15) is 11.8 Å². The van der Waals surface area contributed by atoms with E-state index in [2.05, 4.69) is 25.4 Å². The SMILES string of the molecule is CSCCCNC1[C@@H]2CCCC[C@@H]2C1(C)C. The molecule has 2 fully saturated rings. The first-order valence-corrected chi connectivity index (χ1v) is 8.29. The summed E-state index contributed by atoms with van der Waals surface area (Å²) < 4.78 is 0. The molecule has 2 heteroatoms. The Labute approximate surface area is 105 Å². The Morgan fingerprint density at radius 2 is 2.00 bits per heavy atom. The van der Waals surface area contributed by atoms with Crippen molar-refractivity contribution in [1.29, 1.82) is 0 Å². The highest BCUT2D eigenvalue weighted by Crippen LogP contribution is 2.57. The molecule has 0 aliphatic heterocycles. The van der Waals surface area contributed by atoms with Gasteiger partial charge in [0.05, 0.1) is 0 Å². The van der Waals surface area contributed by atoms with Crippen molar-refractivity contribution < 1.29 is 0 Å². The molecule has 0 radical (unpaired) electrons. The molecule has 1 N–H and O–H groups in total. The fourth-order valence-electron chi connectivity index (χ4n) is 4.03. The molecule has 0 amide bonds. The van der Waals surface area contributed by atoms with Crippen molar-refractivity contribution in [1.82, 2.24) is 5.32 Å². The lowest BCUT2D eigenvalue weighted by atomic mass is 9.48. The van der Waals surface area contributed by atoms with Gasteiger partial charge >= 0.3 is 0 Å². The van der Waals surface area contributed by atoms with E-state index in [1.54, 1.807) is 0 Å². The highest BCUT2D eigenvalue weighted by molar-refractivity contribution is 7.98. The van der Waals surface area contributed by atoms with Crippen LogP contribution >= 0.6 is 11.8 Å². The summed E-state index contributed by atoms with van der Waals surface area (Å²) in [5.41, 5.74) is 0.560. The lowest BCUT2D eigenvalue weighted by molar-refractivity contribution is -0.0871. The predicted molar refractivity (Wildman–Crippen MR) is 74.0 cm³/mol. The first-order valence-electron chi connectivity index (χ1n) is 6.90. The van der Waals surface area contributed by atoms with E-state index in [9.17, 15) is 0 Å². The van der Waals surface area contributed by atoms with Crippen LogP contribution in [-0.2, 0) is 0 Å². The van der Waals surface area contributed by atoms with Gasteiger partial charge in [0.15, 0.2) is 0 Å². The van der Waals surface area contributed by atoms with E-state index in [1.807, 2.05) is 11.8 Å². The standard InChI is InChI=1S/C14H27NS/c1-14(2)12-8-5-4-7-11(12)13(14)15-9-6-10-16-3/h11-13,15H,4-10H2,1-3H3/t11-,12+,13?/m1/s1. The molecule has 0 bridgehead atoms. The van der Waals surface area contributed by atoms with Crippen LogP contribution in [0.2, 0.25) is 0 Å². The first kappa shape index (κ1) is 12.8. The zero-order valence-corrected chi connectivity index (χ0v) is 11.9. The number of fused-ring (bicyclic) bond motifs is 1. The van der Waals surface area contributed by atoms with Gasteiger partial charge in [-0.1, -0.05) is 26.7 Å². The predicted octanol–water partition coefficient (Wildman–Crippen LogP) is 3.54. The van der Waals surface area contributed by atoms with Crippen molar-refractivity contribution in [3.8, 4) is 0 Å². The maximum Gasteiger partial charge on any atom is 0.0152 e. The zero-order chi connectivity index (χ0) is 11.6. The fraction of sp³-hybridized carbons (Fsp3) is 1.00. The van der Waals surface area contributed by atoms with Crippen LogP contribution in [0.15, 0.2) is 0 Å². The average Bonchev–Trinajstić information content (AvgIpc) is 2.29. The topological polar surface area (TPSA) is 12.0 Å². The van der Waals surface area contributed by atoms with Crippen LogP contribution in [0, 0.1) is 17.3 Å². The number of nitrogens with one attached hydrogen (secondary N) is 1. The van der Waals surface area contributed by atoms with E-state index in [4.69, 9.17) is 0 Å². The van der Waals surface area contributed by atoms with Crippen molar-refractivity contribution >= 4 is 11.8 Å². The van der Waals surface area contributed by atoms with Crippen molar-refractivity contribution in [3.05, 3.63) is 0 Å². The van der Waals surface area contributed by atoms with Crippen molar-refractivity contribution in [3.63, 3.8) is 0 Å². The summed E-state index contributed by atoms with van der Waals surface area (Å²) in [7, 11) is 0. The zero-order valence-electron chi connectivity index (χ0n) is 11.1. The molecule has 2 rings (SSSR count). The minimum atomic E-state index is 0.560. The Kier molecular flexibility index (Phi) is 4.23. The molecule has 2 saturated carbocycles. The van der Waals surface area contributed by atoms with Gasteiger partial charge in [-0.05, 0) is 55.1 Å². The van der Waals surface area contributed by atoms with Crippen LogP contribution in [0.3, 0.4) is 0 Å². The minimum absolute atomic E-state index is 0.560. The molecule has 0 aromatic heterocycles. The normalized spacial score (nSPS) is 36.6. The number of hydrogen-bond acceptors (Lipinski definition) is 2. The van der Waals surface area contributed by atoms with Crippen LogP contribution in [0.1, 0.15) is 46.0 Å². The third-order valence-electron chi connectivity index (χ3n) is 4.89. The molecule has 16 heavy (non-hydrogen) atoms. The van der Waals surface area contributed by atoms with E-state index >= 15 is 0 Å². The monoisotopic (exact) mass is 241 g/mol. The highest BCUT2D eigenvalue weighted by atomic mass is 32.2. The van der Waals surface area contributed by atoms with Crippen LogP contribution < -0.4 is 5.32 Å². The number of rotatable bonds is 5. The molecule has 94 valence electrons. The van der Waals surface area contributed by atoms with Gasteiger partial charge < -0.3 is 5.32 Å². The van der Waals surface area contributed by atoms with Crippen LogP contribution in [-0.4, -0.2) is 24.6 Å². The Balaban J connectivity index is 1.80. The van der Waals surface area contributed by atoms with Gasteiger partial charge in [0.2, 0.25) is 0 Å². The Hall–Kier alpha value is 0.310. The fourth-order valence-corrected chi connectivity index (χ4v) is 4.47. The van der Waals surface area contributed by atoms with Gasteiger partial charge in [0, 0.05) is 6.04 Å². The van der Waals surface area contributed by atoms with E-state index in [-0.39, 0.29) is 0 Å². The van der Waals surface area contributed by atoms with Crippen LogP contribution in [0.4, 0.5) is 0 Å². The lowest BCUT2D eigenvalue weighted by Crippen LogP contribution is -2.64. The van der Waals surface area contributed by atoms with E-state index in [0.29, 0.717) is 5.41 Å². The van der Waals surface area contributed by atoms with Crippen molar-refractivity contribution in [2.24, 2.45) is 17.3 Å². The lowest BCUT2D eigenvalue weighted by Gasteiger charge is -2.61. The summed E-state index contributed by atoms with van der Waals surface area (Å²) in [5.74, 6) is 3.31. The average molecular weight is 241 g/mol. The van der Waals surface area contributed by atoms with Crippen molar-refractivity contribution in [2.45, 2.75) is 52.0 Å². The second-order valence-electron chi connectivity index (χ2n) is 6.15. The molecular formula is C14H27NS. The molecule has 0 aromatic rings. The van der Waals surface area contributed by atoms with Crippen LogP contribution in [0.5, 0.6) is 0 Å². The second-order valence-corrected chi connectivity index (χ2v) is 7.14. The summed E-state index contributed by atoms with van der Waals surface area (Å²) in [6.45, 7) is 6.18. The molecule has 0 heterocycles. The number of thioether (sulfide) groups is 1. The quantitative estimate of drug-likeness (QED) is 0.739. The van der Waals surface area contributed by atoms with Gasteiger partial charge in [-0.3, -0.25) is 0 Å². The maximum atomic E-state index is 3.83. The minimum Gasteiger partial charge on any atom is -0.313 e. The number of hydrogen-bond donors (Lipinski definition) is 1. The Bertz CT molecular complexity index is 227. The first-order chi connectivity index (χ1) is 7.68. The Morgan fingerprint density at radius 1 is 1.25 bits per heavy atom. The molecule has 1 nitrogen and oxygen atoms in total. The summed E-state index contributed by atoms with van der Waals surface area (Å²) in [6, 6.07) is 0.805. The van der Waals surface area contributed by atoms with E-state index in [0.717, 1.165) is 17.9 Å². The van der Waals surface area contributed by atoms with Gasteiger partial charge in [-0.15, -0.1) is 0 Å². The Morgan fingerprint density at radius 3 is 2.75 bits per heavy atom. The summed E-state index contributed by atoms with van der Waals surface area (Å²) in [4.78, 5) is 0. The molecule has 0 aromatic carbocycles. The van der Waals surface area contributed by atoms with E-state index < -0.39 is 0 Å². The molecule has 1 unspecified atom stereocenters. The largest absolute Gasteiger partial charge is 0.313 e. The molecular weight excluding hydrogens is 214 g/mol. The molecule has 2 aliphatic rings. The highest BCUT2D eigenvalue weighted by Gasteiger charge is 2.55. The molecule has 2 aliphatic carbocycles.